The SMILES string of the molecule is CC(C)Cc1cc(C(=O)O)nc(N(C)C)n1. The highest BCUT2D eigenvalue weighted by atomic mass is 16.4. The molecule has 1 aromatic heterocycles. The molecule has 0 atom stereocenters. The predicted octanol–water partition coefficient (Wildman–Crippen LogP) is 1.44. The zero-order valence-corrected chi connectivity index (χ0v) is 10.1. The van der Waals surface area contributed by atoms with E-state index in [-0.39, 0.29) is 5.69 Å². The molecule has 0 spiro atoms. The second-order valence-electron chi connectivity index (χ2n) is 4.34. The van der Waals surface area contributed by atoms with Gasteiger partial charge in [-0.1, -0.05) is 13.8 Å². The van der Waals surface area contributed by atoms with Gasteiger partial charge in [-0.05, 0) is 18.4 Å². The van der Waals surface area contributed by atoms with Crippen LogP contribution < -0.4 is 4.90 Å². The minimum atomic E-state index is -1.02. The summed E-state index contributed by atoms with van der Waals surface area (Å²) >= 11 is 0. The van der Waals surface area contributed by atoms with Crippen molar-refractivity contribution in [1.29, 1.82) is 0 Å². The Morgan fingerprint density at radius 3 is 2.50 bits per heavy atom. The van der Waals surface area contributed by atoms with Gasteiger partial charge in [0.05, 0.1) is 0 Å². The fourth-order valence-electron chi connectivity index (χ4n) is 1.32. The van der Waals surface area contributed by atoms with E-state index in [4.69, 9.17) is 5.11 Å². The summed E-state index contributed by atoms with van der Waals surface area (Å²) in [6.45, 7) is 4.13. The van der Waals surface area contributed by atoms with Gasteiger partial charge in [0.25, 0.3) is 0 Å². The molecule has 0 saturated heterocycles. The van der Waals surface area contributed by atoms with Crippen LogP contribution in [0, 0.1) is 5.92 Å². The summed E-state index contributed by atoms with van der Waals surface area (Å²) < 4.78 is 0. The molecule has 5 heteroatoms. The second-order valence-corrected chi connectivity index (χ2v) is 4.34. The maximum Gasteiger partial charge on any atom is 0.354 e. The van der Waals surface area contributed by atoms with Crippen molar-refractivity contribution in [3.05, 3.63) is 17.5 Å². The molecule has 1 N–H and O–H groups in total. The zero-order valence-electron chi connectivity index (χ0n) is 10.1. The first-order valence-electron chi connectivity index (χ1n) is 5.18. The maximum atomic E-state index is 10.9. The average Bonchev–Trinajstić information content (AvgIpc) is 2.15. The third-order valence-corrected chi connectivity index (χ3v) is 2.00. The summed E-state index contributed by atoms with van der Waals surface area (Å²) in [4.78, 5) is 20.9. The minimum absolute atomic E-state index is 0.0503. The van der Waals surface area contributed by atoms with Crippen LogP contribution in [0.3, 0.4) is 0 Å². The number of aromatic carboxylic acids is 1. The summed E-state index contributed by atoms with van der Waals surface area (Å²) in [5.74, 6) is -0.141. The van der Waals surface area contributed by atoms with Gasteiger partial charge in [-0.3, -0.25) is 0 Å². The Kier molecular flexibility index (Phi) is 3.82. The molecule has 0 aliphatic rings. The quantitative estimate of drug-likeness (QED) is 0.836. The molecule has 0 fully saturated rings. The molecule has 1 heterocycles. The largest absolute Gasteiger partial charge is 0.477 e. The Morgan fingerprint density at radius 2 is 2.06 bits per heavy atom. The maximum absolute atomic E-state index is 10.9. The minimum Gasteiger partial charge on any atom is -0.477 e. The summed E-state index contributed by atoms with van der Waals surface area (Å²) in [5.41, 5.74) is 0.820. The number of hydrogen-bond donors (Lipinski definition) is 1. The Hall–Kier alpha value is -1.65. The Morgan fingerprint density at radius 1 is 1.44 bits per heavy atom. The topological polar surface area (TPSA) is 66.3 Å². The lowest BCUT2D eigenvalue weighted by Gasteiger charge is -2.13. The van der Waals surface area contributed by atoms with E-state index in [1.54, 1.807) is 19.0 Å². The van der Waals surface area contributed by atoms with Gasteiger partial charge in [0, 0.05) is 19.8 Å². The van der Waals surface area contributed by atoms with Crippen molar-refractivity contribution >= 4 is 11.9 Å². The number of anilines is 1. The van der Waals surface area contributed by atoms with Crippen molar-refractivity contribution in [3.63, 3.8) is 0 Å². The molecule has 0 aromatic carbocycles. The summed E-state index contributed by atoms with van der Waals surface area (Å²) in [6, 6.07) is 1.54. The van der Waals surface area contributed by atoms with Crippen LogP contribution in [0.25, 0.3) is 0 Å². The van der Waals surface area contributed by atoms with Crippen LogP contribution in [0.2, 0.25) is 0 Å². The van der Waals surface area contributed by atoms with Crippen molar-refractivity contribution in [1.82, 2.24) is 9.97 Å². The monoisotopic (exact) mass is 223 g/mol. The normalized spacial score (nSPS) is 10.6. The van der Waals surface area contributed by atoms with Crippen molar-refractivity contribution < 1.29 is 9.90 Å². The van der Waals surface area contributed by atoms with Crippen molar-refractivity contribution in [2.75, 3.05) is 19.0 Å². The zero-order chi connectivity index (χ0) is 12.3. The van der Waals surface area contributed by atoms with Gasteiger partial charge in [0.15, 0.2) is 5.69 Å². The summed E-state index contributed by atoms with van der Waals surface area (Å²) in [7, 11) is 3.58. The summed E-state index contributed by atoms with van der Waals surface area (Å²) in [5, 5.41) is 8.94. The highest BCUT2D eigenvalue weighted by Crippen LogP contribution is 2.12. The molecule has 16 heavy (non-hydrogen) atoms. The van der Waals surface area contributed by atoms with Crippen LogP contribution in [-0.4, -0.2) is 35.1 Å². The van der Waals surface area contributed by atoms with E-state index >= 15 is 0 Å². The van der Waals surface area contributed by atoms with E-state index in [0.717, 1.165) is 12.1 Å². The van der Waals surface area contributed by atoms with Gasteiger partial charge in [0.1, 0.15) is 0 Å². The number of carboxylic acids is 1. The molecule has 0 aliphatic carbocycles. The van der Waals surface area contributed by atoms with Gasteiger partial charge in [0.2, 0.25) is 5.95 Å². The average molecular weight is 223 g/mol. The van der Waals surface area contributed by atoms with E-state index in [0.29, 0.717) is 11.9 Å². The van der Waals surface area contributed by atoms with Gasteiger partial charge in [-0.2, -0.15) is 0 Å². The molecule has 0 aliphatic heterocycles. The smallest absolute Gasteiger partial charge is 0.354 e. The first-order chi connectivity index (χ1) is 7.40. The highest BCUT2D eigenvalue weighted by Gasteiger charge is 2.12. The summed E-state index contributed by atoms with van der Waals surface area (Å²) in [6.07, 6.45) is 0.754. The molecular formula is C11H17N3O2. The molecule has 88 valence electrons. The van der Waals surface area contributed by atoms with Crippen LogP contribution in [0.4, 0.5) is 5.95 Å². The van der Waals surface area contributed by atoms with Crippen LogP contribution in [0.15, 0.2) is 6.07 Å². The van der Waals surface area contributed by atoms with Gasteiger partial charge < -0.3 is 10.0 Å². The number of carboxylic acid groups (broad SMARTS) is 1. The van der Waals surface area contributed by atoms with Crippen molar-refractivity contribution in [3.8, 4) is 0 Å². The number of nitrogens with zero attached hydrogens (tertiary/aromatic N) is 3. The molecule has 1 rings (SSSR count). The first kappa shape index (κ1) is 12.4. The van der Waals surface area contributed by atoms with Crippen LogP contribution in [0.1, 0.15) is 30.0 Å². The van der Waals surface area contributed by atoms with Gasteiger partial charge >= 0.3 is 5.97 Å². The van der Waals surface area contributed by atoms with E-state index in [1.165, 1.54) is 6.07 Å². The fraction of sp³-hybridized carbons (Fsp3) is 0.545. The van der Waals surface area contributed by atoms with Crippen molar-refractivity contribution in [2.24, 2.45) is 5.92 Å². The standard InChI is InChI=1S/C11H17N3O2/c1-7(2)5-8-6-9(10(15)16)13-11(12-8)14(3)4/h6-7H,5H2,1-4H3,(H,15,16). The van der Waals surface area contributed by atoms with E-state index in [1.807, 2.05) is 0 Å². The number of rotatable bonds is 4. The number of aromatic nitrogens is 2. The van der Waals surface area contributed by atoms with Crippen LogP contribution in [0.5, 0.6) is 0 Å². The lowest BCUT2D eigenvalue weighted by atomic mass is 10.1. The molecule has 0 bridgehead atoms. The fourth-order valence-corrected chi connectivity index (χ4v) is 1.32. The molecule has 0 saturated carbocycles. The molecule has 5 nitrogen and oxygen atoms in total. The lowest BCUT2D eigenvalue weighted by molar-refractivity contribution is 0.0690. The van der Waals surface area contributed by atoms with Gasteiger partial charge in [-0.15, -0.1) is 0 Å². The third kappa shape index (κ3) is 3.18. The molecule has 0 radical (unpaired) electrons. The third-order valence-electron chi connectivity index (χ3n) is 2.00. The Bertz CT molecular complexity index is 389. The second kappa shape index (κ2) is 4.92. The van der Waals surface area contributed by atoms with Crippen LogP contribution >= 0.6 is 0 Å². The Labute approximate surface area is 95.1 Å². The predicted molar refractivity (Wildman–Crippen MR) is 61.9 cm³/mol. The highest BCUT2D eigenvalue weighted by molar-refractivity contribution is 5.85. The number of carbonyl (C=O) groups is 1. The van der Waals surface area contributed by atoms with E-state index < -0.39 is 5.97 Å². The molecule has 0 amide bonds. The van der Waals surface area contributed by atoms with Crippen LogP contribution in [-0.2, 0) is 6.42 Å². The Balaban J connectivity index is 3.13. The molecular weight excluding hydrogens is 206 g/mol. The number of hydrogen-bond acceptors (Lipinski definition) is 4. The molecule has 1 aromatic rings. The molecule has 0 unspecified atom stereocenters. The van der Waals surface area contributed by atoms with E-state index in [2.05, 4.69) is 23.8 Å². The lowest BCUT2D eigenvalue weighted by Crippen LogP contribution is -2.16. The van der Waals surface area contributed by atoms with Gasteiger partial charge in [-0.25, -0.2) is 14.8 Å². The van der Waals surface area contributed by atoms with E-state index in [9.17, 15) is 4.79 Å². The van der Waals surface area contributed by atoms with Crippen molar-refractivity contribution in [2.45, 2.75) is 20.3 Å². The first-order valence-corrected chi connectivity index (χ1v) is 5.18.